The number of aromatic nitrogens is 2. The molecule has 0 bridgehead atoms. The topological polar surface area (TPSA) is 21.9 Å². The summed E-state index contributed by atoms with van der Waals surface area (Å²) in [6.07, 6.45) is 0. The van der Waals surface area contributed by atoms with E-state index in [9.17, 15) is 0 Å². The van der Waals surface area contributed by atoms with E-state index in [1.165, 1.54) is 33.6 Å². The van der Waals surface area contributed by atoms with Crippen LogP contribution >= 0.6 is 0 Å². The lowest BCUT2D eigenvalue weighted by Gasteiger charge is -2.12. The van der Waals surface area contributed by atoms with E-state index in [2.05, 4.69) is 140 Å². The summed E-state index contributed by atoms with van der Waals surface area (Å²) in [7, 11) is 0. The minimum Gasteiger partial charge on any atom is -0.456 e. The predicted molar refractivity (Wildman–Crippen MR) is 164 cm³/mol. The number of imidazole rings is 1. The Hall–Kier alpha value is -4.89. The van der Waals surface area contributed by atoms with Crippen LogP contribution in [0.5, 0.6) is 0 Å². The van der Waals surface area contributed by atoms with Crippen molar-refractivity contribution in [1.82, 2.24) is 4.57 Å². The smallest absolute Gasteiger partial charge is 0.300 e. The van der Waals surface area contributed by atoms with Crippen LogP contribution in [0.3, 0.4) is 0 Å². The molecule has 0 spiro atoms. The van der Waals surface area contributed by atoms with Crippen LogP contribution in [0.15, 0.2) is 120 Å². The molecule has 2 aromatic heterocycles. The maximum Gasteiger partial charge on any atom is 0.300 e. The summed E-state index contributed by atoms with van der Waals surface area (Å²) in [5.74, 6) is 1.15. The Bertz CT molecular complexity index is 2010. The van der Waals surface area contributed by atoms with Gasteiger partial charge in [-0.1, -0.05) is 84.9 Å². The lowest BCUT2D eigenvalue weighted by Crippen LogP contribution is -2.36. The van der Waals surface area contributed by atoms with Gasteiger partial charge in [0.2, 0.25) is 0 Å². The molecule has 2 heterocycles. The van der Waals surface area contributed by atoms with E-state index in [1.54, 1.807) is 0 Å². The normalized spacial score (nSPS) is 11.5. The van der Waals surface area contributed by atoms with Crippen molar-refractivity contribution in [2.75, 3.05) is 0 Å². The number of hydrogen-bond donors (Lipinski definition) is 0. The highest BCUT2D eigenvalue weighted by Gasteiger charge is 2.35. The van der Waals surface area contributed by atoms with E-state index in [0.29, 0.717) is 0 Å². The Labute approximate surface area is 234 Å². The maximum atomic E-state index is 6.26. The van der Waals surface area contributed by atoms with Crippen LogP contribution in [0.2, 0.25) is 0 Å². The first kappa shape index (κ1) is 24.2. The van der Waals surface area contributed by atoms with Crippen molar-refractivity contribution >= 4 is 21.9 Å². The van der Waals surface area contributed by atoms with E-state index in [-0.39, 0.29) is 0 Å². The molecule has 0 aliphatic heterocycles. The number of nitrogens with zero attached hydrogens (tertiary/aromatic N) is 2. The first-order chi connectivity index (χ1) is 19.5. The summed E-state index contributed by atoms with van der Waals surface area (Å²) in [6, 6.07) is 40.8. The molecule has 0 amide bonds. The highest BCUT2D eigenvalue weighted by atomic mass is 16.3. The number of fused-ring (bicyclic) bond motifs is 3. The van der Waals surface area contributed by atoms with Crippen molar-refractivity contribution in [3.05, 3.63) is 138 Å². The van der Waals surface area contributed by atoms with Gasteiger partial charge in [-0.15, -0.1) is 0 Å². The van der Waals surface area contributed by atoms with Crippen LogP contribution in [0.25, 0.3) is 56.0 Å². The molecule has 0 aliphatic rings. The zero-order valence-corrected chi connectivity index (χ0v) is 23.3. The van der Waals surface area contributed by atoms with Gasteiger partial charge in [0, 0.05) is 28.8 Å². The fraction of sp³-hybridized carbons (Fsp3) is 0.108. The molecule has 0 unspecified atom stereocenters. The van der Waals surface area contributed by atoms with Crippen LogP contribution in [0.4, 0.5) is 0 Å². The molecule has 0 radical (unpaired) electrons. The van der Waals surface area contributed by atoms with Gasteiger partial charge in [0.15, 0.2) is 11.4 Å². The van der Waals surface area contributed by atoms with Crippen LogP contribution in [-0.4, -0.2) is 4.57 Å². The van der Waals surface area contributed by atoms with Crippen LogP contribution in [-0.2, 0) is 0 Å². The highest BCUT2D eigenvalue weighted by Crippen LogP contribution is 2.37. The Morgan fingerprint density at radius 1 is 0.575 bits per heavy atom. The van der Waals surface area contributed by atoms with Gasteiger partial charge in [-0.3, -0.25) is 0 Å². The Morgan fingerprint density at radius 3 is 1.95 bits per heavy atom. The molecular formula is C37H31N2O+. The monoisotopic (exact) mass is 519 g/mol. The van der Waals surface area contributed by atoms with Crippen molar-refractivity contribution in [2.24, 2.45) is 0 Å². The van der Waals surface area contributed by atoms with Crippen molar-refractivity contribution < 1.29 is 8.98 Å². The van der Waals surface area contributed by atoms with E-state index in [4.69, 9.17) is 4.42 Å². The molecule has 5 aromatic carbocycles. The summed E-state index contributed by atoms with van der Waals surface area (Å²) in [6.45, 7) is 8.86. The molecule has 194 valence electrons. The maximum absolute atomic E-state index is 6.26. The molecule has 7 aromatic rings. The molecule has 7 rings (SSSR count). The number of rotatable bonds is 4. The molecule has 0 saturated carbocycles. The second-order valence-electron chi connectivity index (χ2n) is 10.6. The molecular weight excluding hydrogens is 488 g/mol. The van der Waals surface area contributed by atoms with Crippen molar-refractivity contribution in [3.8, 4) is 34.0 Å². The number of furan rings is 1. The predicted octanol–water partition coefficient (Wildman–Crippen LogP) is 9.22. The van der Waals surface area contributed by atoms with E-state index < -0.39 is 0 Å². The van der Waals surface area contributed by atoms with E-state index in [0.717, 1.165) is 44.7 Å². The number of para-hydroxylation sites is 2. The third-order valence-electron chi connectivity index (χ3n) is 8.03. The Balaban J connectivity index is 1.68. The number of benzene rings is 5. The molecule has 0 N–H and O–H groups in total. The van der Waals surface area contributed by atoms with Crippen LogP contribution < -0.4 is 4.57 Å². The highest BCUT2D eigenvalue weighted by molar-refractivity contribution is 6.05. The standard InChI is InChI=1S/C37H31N2O/c1-24-14-13-15-25(2)35(24)37-38(32-23-31-30-20-11-12-21-33(30)40-34(31)22-26(32)3)27(4)36(28-16-7-5-8-17-28)39(37)29-18-9-6-10-19-29/h5-23H,1-4H3/q+1. The zero-order chi connectivity index (χ0) is 27.4. The van der Waals surface area contributed by atoms with Gasteiger partial charge in [-0.2, -0.15) is 9.13 Å². The minimum absolute atomic E-state index is 0.914. The van der Waals surface area contributed by atoms with Gasteiger partial charge < -0.3 is 4.42 Å². The molecule has 3 nitrogen and oxygen atoms in total. The Morgan fingerprint density at radius 2 is 1.23 bits per heavy atom. The van der Waals surface area contributed by atoms with E-state index >= 15 is 0 Å². The SMILES string of the molecule is Cc1cc2oc3ccccc3c2cc1-[n+]1c(C)c(-c2ccccc2)n(-c2ccccc2)c1-c1c(C)cccc1C. The van der Waals surface area contributed by atoms with Gasteiger partial charge >= 0.3 is 5.82 Å². The quantitative estimate of drug-likeness (QED) is 0.212. The zero-order valence-electron chi connectivity index (χ0n) is 23.3. The largest absolute Gasteiger partial charge is 0.456 e. The molecule has 0 atom stereocenters. The first-order valence-electron chi connectivity index (χ1n) is 13.8. The minimum atomic E-state index is 0.914. The molecule has 40 heavy (non-hydrogen) atoms. The first-order valence-corrected chi connectivity index (χ1v) is 13.8. The second-order valence-corrected chi connectivity index (χ2v) is 10.6. The third-order valence-corrected chi connectivity index (χ3v) is 8.03. The van der Waals surface area contributed by atoms with Crippen molar-refractivity contribution in [1.29, 1.82) is 0 Å². The molecule has 3 heteroatoms. The Kier molecular flexibility index (Phi) is 5.67. The summed E-state index contributed by atoms with van der Waals surface area (Å²) in [5, 5.41) is 2.26. The van der Waals surface area contributed by atoms with Crippen LogP contribution in [0.1, 0.15) is 22.4 Å². The fourth-order valence-corrected chi connectivity index (χ4v) is 6.18. The third kappa shape index (κ3) is 3.70. The average Bonchev–Trinajstić information content (AvgIpc) is 3.47. The van der Waals surface area contributed by atoms with Gasteiger partial charge in [-0.25, -0.2) is 0 Å². The van der Waals surface area contributed by atoms with Crippen molar-refractivity contribution in [3.63, 3.8) is 0 Å². The van der Waals surface area contributed by atoms with Crippen molar-refractivity contribution in [2.45, 2.75) is 27.7 Å². The molecule has 0 aliphatic carbocycles. The van der Waals surface area contributed by atoms with Gasteiger partial charge in [-0.05, 0) is 62.2 Å². The lowest BCUT2D eigenvalue weighted by molar-refractivity contribution is -0.589. The van der Waals surface area contributed by atoms with E-state index in [1.807, 2.05) is 12.1 Å². The lowest BCUT2D eigenvalue weighted by atomic mass is 10.0. The fourth-order valence-electron chi connectivity index (χ4n) is 6.18. The van der Waals surface area contributed by atoms with Gasteiger partial charge in [0.1, 0.15) is 22.5 Å². The van der Waals surface area contributed by atoms with Gasteiger partial charge in [0.25, 0.3) is 0 Å². The second kappa shape index (κ2) is 9.39. The van der Waals surface area contributed by atoms with Gasteiger partial charge in [0.05, 0.1) is 5.56 Å². The summed E-state index contributed by atoms with van der Waals surface area (Å²) in [4.78, 5) is 0. The molecule has 0 saturated heterocycles. The summed E-state index contributed by atoms with van der Waals surface area (Å²) in [5.41, 5.74) is 12.6. The summed E-state index contributed by atoms with van der Waals surface area (Å²) >= 11 is 0. The average molecular weight is 520 g/mol. The summed E-state index contributed by atoms with van der Waals surface area (Å²) < 4.78 is 11.2. The van der Waals surface area contributed by atoms with Crippen LogP contribution in [0, 0.1) is 27.7 Å². The number of aryl methyl sites for hydroxylation is 3. The number of hydrogen-bond acceptors (Lipinski definition) is 1. The molecule has 0 fully saturated rings.